The zero-order valence-electron chi connectivity index (χ0n) is 16.8. The number of amides is 1. The van der Waals surface area contributed by atoms with Gasteiger partial charge in [-0.15, -0.1) is 11.3 Å². The molecule has 0 radical (unpaired) electrons. The predicted octanol–water partition coefficient (Wildman–Crippen LogP) is 4.14. The van der Waals surface area contributed by atoms with Crippen LogP contribution < -0.4 is 10.9 Å². The Balaban J connectivity index is 1.53. The summed E-state index contributed by atoms with van der Waals surface area (Å²) in [5.41, 5.74) is 1.30. The first kappa shape index (κ1) is 20.0. The molecule has 1 N–H and O–H groups in total. The lowest BCUT2D eigenvalue weighted by atomic mass is 9.86. The molecule has 2 atom stereocenters. The Hall–Kier alpha value is -1.34. The van der Waals surface area contributed by atoms with Gasteiger partial charge in [0.25, 0.3) is 5.56 Å². The van der Waals surface area contributed by atoms with Gasteiger partial charge in [0.05, 0.1) is 11.1 Å². The van der Waals surface area contributed by atoms with Crippen LogP contribution in [0.3, 0.4) is 0 Å². The molecule has 2 heterocycles. The maximum atomic E-state index is 13.2. The number of fused-ring (bicyclic) bond motifs is 3. The largest absolute Gasteiger partial charge is 0.352 e. The van der Waals surface area contributed by atoms with E-state index in [1.807, 2.05) is 0 Å². The lowest BCUT2D eigenvalue weighted by Crippen LogP contribution is -2.41. The van der Waals surface area contributed by atoms with Gasteiger partial charge in [0, 0.05) is 17.5 Å². The summed E-state index contributed by atoms with van der Waals surface area (Å²) in [6.07, 6.45) is 8.79. The minimum absolute atomic E-state index is 0.0508. The van der Waals surface area contributed by atoms with Crippen molar-refractivity contribution in [1.29, 1.82) is 0 Å². The summed E-state index contributed by atoms with van der Waals surface area (Å²) in [7, 11) is 0. The lowest BCUT2D eigenvalue weighted by Gasteiger charge is -2.29. The van der Waals surface area contributed by atoms with E-state index >= 15 is 0 Å². The molecule has 4 rings (SSSR count). The molecule has 2 aliphatic rings. The number of thiophene rings is 1. The number of aryl methyl sites for hydroxylation is 2. The summed E-state index contributed by atoms with van der Waals surface area (Å²) in [5.74, 6) is 0.912. The van der Waals surface area contributed by atoms with Crippen molar-refractivity contribution in [2.45, 2.75) is 83.0 Å². The summed E-state index contributed by atoms with van der Waals surface area (Å²) >= 11 is 3.07. The highest BCUT2D eigenvalue weighted by atomic mass is 32.2. The van der Waals surface area contributed by atoms with Crippen molar-refractivity contribution in [3.8, 4) is 0 Å². The van der Waals surface area contributed by atoms with Crippen molar-refractivity contribution < 1.29 is 4.79 Å². The smallest absolute Gasteiger partial charge is 0.263 e. The first-order chi connectivity index (χ1) is 13.6. The van der Waals surface area contributed by atoms with Gasteiger partial charge in [-0.05, 0) is 50.0 Å². The van der Waals surface area contributed by atoms with Gasteiger partial charge in [0.1, 0.15) is 4.83 Å². The predicted molar refractivity (Wildman–Crippen MR) is 116 cm³/mol. The van der Waals surface area contributed by atoms with E-state index < -0.39 is 0 Å². The SMILES string of the molecule is CCCn1c(SCC(=O)N[C@@H]2CCCC[C@@H]2C)nc2sc3c(c2c1=O)CCC3. The third-order valence-electron chi connectivity index (χ3n) is 6.03. The Morgan fingerprint density at radius 2 is 2.11 bits per heavy atom. The maximum Gasteiger partial charge on any atom is 0.263 e. The average Bonchev–Trinajstić information content (AvgIpc) is 3.25. The number of thioether (sulfide) groups is 1. The van der Waals surface area contributed by atoms with Crippen LogP contribution in [0.5, 0.6) is 0 Å². The van der Waals surface area contributed by atoms with Crippen molar-refractivity contribution in [2.75, 3.05) is 5.75 Å². The molecule has 2 aliphatic carbocycles. The van der Waals surface area contributed by atoms with Gasteiger partial charge < -0.3 is 5.32 Å². The fourth-order valence-electron chi connectivity index (χ4n) is 4.50. The van der Waals surface area contributed by atoms with Gasteiger partial charge in [0.2, 0.25) is 5.91 Å². The van der Waals surface area contributed by atoms with Gasteiger partial charge in [-0.1, -0.05) is 38.5 Å². The lowest BCUT2D eigenvalue weighted by molar-refractivity contribution is -0.119. The van der Waals surface area contributed by atoms with Crippen LogP contribution in [0.4, 0.5) is 0 Å². The van der Waals surface area contributed by atoms with E-state index in [1.54, 1.807) is 15.9 Å². The van der Waals surface area contributed by atoms with E-state index in [0.29, 0.717) is 23.4 Å². The summed E-state index contributed by atoms with van der Waals surface area (Å²) < 4.78 is 1.79. The third kappa shape index (κ3) is 3.88. The molecule has 1 fully saturated rings. The van der Waals surface area contributed by atoms with Crippen molar-refractivity contribution >= 4 is 39.2 Å². The number of carbonyl (C=O) groups is 1. The molecule has 1 saturated carbocycles. The second kappa shape index (κ2) is 8.57. The van der Waals surface area contributed by atoms with Gasteiger partial charge >= 0.3 is 0 Å². The van der Waals surface area contributed by atoms with Crippen LogP contribution >= 0.6 is 23.1 Å². The first-order valence-corrected chi connectivity index (χ1v) is 12.4. The molecule has 0 unspecified atom stereocenters. The minimum Gasteiger partial charge on any atom is -0.352 e. The van der Waals surface area contributed by atoms with Crippen LogP contribution in [-0.2, 0) is 24.2 Å². The normalized spacial score (nSPS) is 21.8. The Morgan fingerprint density at radius 1 is 1.29 bits per heavy atom. The number of hydrogen-bond donors (Lipinski definition) is 1. The van der Waals surface area contributed by atoms with E-state index in [-0.39, 0.29) is 17.5 Å². The third-order valence-corrected chi connectivity index (χ3v) is 8.19. The van der Waals surface area contributed by atoms with Crippen molar-refractivity contribution in [3.05, 3.63) is 20.8 Å². The fourth-order valence-corrected chi connectivity index (χ4v) is 6.64. The highest BCUT2D eigenvalue weighted by Gasteiger charge is 2.25. The Labute approximate surface area is 174 Å². The number of carbonyl (C=O) groups excluding carboxylic acids is 1. The number of rotatable bonds is 6. The van der Waals surface area contributed by atoms with E-state index in [2.05, 4.69) is 19.2 Å². The second-order valence-electron chi connectivity index (χ2n) is 8.11. The molecule has 2 aromatic rings. The molecule has 0 saturated heterocycles. The summed E-state index contributed by atoms with van der Waals surface area (Å²) in [4.78, 5) is 32.7. The first-order valence-electron chi connectivity index (χ1n) is 10.6. The number of aromatic nitrogens is 2. The molecule has 1 amide bonds. The van der Waals surface area contributed by atoms with Gasteiger partial charge in [-0.3, -0.25) is 14.2 Å². The van der Waals surface area contributed by atoms with Crippen LogP contribution in [0.15, 0.2) is 9.95 Å². The van der Waals surface area contributed by atoms with Crippen LogP contribution in [0.2, 0.25) is 0 Å². The van der Waals surface area contributed by atoms with Crippen molar-refractivity contribution in [2.24, 2.45) is 5.92 Å². The molecular weight excluding hydrogens is 390 g/mol. The zero-order chi connectivity index (χ0) is 19.7. The Kier molecular flexibility index (Phi) is 6.11. The maximum absolute atomic E-state index is 13.2. The topological polar surface area (TPSA) is 64.0 Å². The van der Waals surface area contributed by atoms with E-state index in [0.717, 1.165) is 42.3 Å². The monoisotopic (exact) mass is 419 g/mol. The molecular formula is C21H29N3O2S2. The Morgan fingerprint density at radius 3 is 2.89 bits per heavy atom. The van der Waals surface area contributed by atoms with E-state index in [9.17, 15) is 9.59 Å². The number of nitrogens with zero attached hydrogens (tertiary/aromatic N) is 2. The van der Waals surface area contributed by atoms with Gasteiger partial charge in [-0.2, -0.15) is 0 Å². The number of hydrogen-bond acceptors (Lipinski definition) is 5. The van der Waals surface area contributed by atoms with Crippen LogP contribution in [0.25, 0.3) is 10.2 Å². The molecule has 5 nitrogen and oxygen atoms in total. The summed E-state index contributed by atoms with van der Waals surface area (Å²) in [6.45, 7) is 4.94. The molecule has 2 aromatic heterocycles. The van der Waals surface area contributed by atoms with E-state index in [1.165, 1.54) is 41.5 Å². The molecule has 0 aliphatic heterocycles. The van der Waals surface area contributed by atoms with Gasteiger partial charge in [-0.25, -0.2) is 4.98 Å². The van der Waals surface area contributed by atoms with Crippen LogP contribution in [-0.4, -0.2) is 27.3 Å². The van der Waals surface area contributed by atoms with Gasteiger partial charge in [0.15, 0.2) is 5.16 Å². The second-order valence-corrected chi connectivity index (χ2v) is 10.1. The number of nitrogens with one attached hydrogen (secondary N) is 1. The van der Waals surface area contributed by atoms with Crippen molar-refractivity contribution in [1.82, 2.24) is 14.9 Å². The highest BCUT2D eigenvalue weighted by Crippen LogP contribution is 2.35. The molecule has 0 aromatic carbocycles. The molecule has 28 heavy (non-hydrogen) atoms. The Bertz CT molecular complexity index is 934. The summed E-state index contributed by atoms with van der Waals surface area (Å²) in [5, 5.41) is 4.72. The summed E-state index contributed by atoms with van der Waals surface area (Å²) in [6, 6.07) is 0.287. The quantitative estimate of drug-likeness (QED) is 0.564. The average molecular weight is 420 g/mol. The van der Waals surface area contributed by atoms with E-state index in [4.69, 9.17) is 4.98 Å². The van der Waals surface area contributed by atoms with Crippen molar-refractivity contribution in [3.63, 3.8) is 0 Å². The van der Waals surface area contributed by atoms with Crippen LogP contribution in [0, 0.1) is 5.92 Å². The molecule has 7 heteroatoms. The minimum atomic E-state index is 0.0508. The fraction of sp³-hybridized carbons (Fsp3) is 0.667. The standard InChI is InChI=1S/C21H29N3O2S2/c1-3-11-24-20(26)18-14-8-6-10-16(14)28-19(18)23-21(24)27-12-17(25)22-15-9-5-4-7-13(15)2/h13,15H,3-12H2,1-2H3,(H,22,25)/t13-,15+/m0/s1. The highest BCUT2D eigenvalue weighted by molar-refractivity contribution is 7.99. The zero-order valence-corrected chi connectivity index (χ0v) is 18.4. The molecule has 0 bridgehead atoms. The van der Waals surface area contributed by atoms with Crippen LogP contribution in [0.1, 0.15) is 62.8 Å². The molecule has 0 spiro atoms. The molecule has 152 valence electrons.